The minimum atomic E-state index is -0.0264. The summed E-state index contributed by atoms with van der Waals surface area (Å²) in [7, 11) is 1.80. The number of carbonyl (C=O) groups excluding carboxylic acids is 1. The number of anilines is 1. The third-order valence-corrected chi connectivity index (χ3v) is 5.43. The highest BCUT2D eigenvalue weighted by molar-refractivity contribution is 6.32. The lowest BCUT2D eigenvalue weighted by Crippen LogP contribution is -2.45. The number of halogens is 1. The Morgan fingerprint density at radius 2 is 2.13 bits per heavy atom. The molecule has 1 aliphatic rings. The molecule has 166 valence electrons. The van der Waals surface area contributed by atoms with Gasteiger partial charge in [0.1, 0.15) is 12.4 Å². The predicted molar refractivity (Wildman–Crippen MR) is 125 cm³/mol. The van der Waals surface area contributed by atoms with E-state index >= 15 is 0 Å². The number of aromatic nitrogens is 2. The van der Waals surface area contributed by atoms with Gasteiger partial charge in [-0.05, 0) is 37.6 Å². The van der Waals surface area contributed by atoms with Crippen molar-refractivity contribution in [1.29, 1.82) is 0 Å². The van der Waals surface area contributed by atoms with E-state index in [0.29, 0.717) is 17.5 Å². The van der Waals surface area contributed by atoms with Gasteiger partial charge in [0.2, 0.25) is 5.91 Å². The molecule has 8 nitrogen and oxygen atoms in total. The minimum absolute atomic E-state index is 0.0264. The normalized spacial score (nSPS) is 16.3. The molecule has 3 heterocycles. The number of nitrogens with one attached hydrogen (secondary N) is 2. The second-order valence-corrected chi connectivity index (χ2v) is 7.87. The number of guanidine groups is 1. The molecule has 3 rings (SSSR count). The van der Waals surface area contributed by atoms with E-state index in [-0.39, 0.29) is 18.5 Å². The van der Waals surface area contributed by atoms with E-state index < -0.39 is 0 Å². The Kier molecular flexibility index (Phi) is 8.46. The summed E-state index contributed by atoms with van der Waals surface area (Å²) >= 11 is 6.28. The summed E-state index contributed by atoms with van der Waals surface area (Å²) in [6.45, 7) is 5.07. The number of nitrogens with zero attached hydrogens (tertiary/aromatic N) is 5. The number of pyridine rings is 2. The topological polar surface area (TPSA) is 85.8 Å². The van der Waals surface area contributed by atoms with E-state index in [9.17, 15) is 4.79 Å². The molecule has 2 aromatic heterocycles. The summed E-state index contributed by atoms with van der Waals surface area (Å²) in [6, 6.07) is 9.69. The van der Waals surface area contributed by atoms with Crippen LogP contribution < -0.4 is 15.5 Å². The number of rotatable bonds is 8. The zero-order chi connectivity index (χ0) is 22.1. The van der Waals surface area contributed by atoms with Crippen LogP contribution in [0.4, 0.5) is 5.82 Å². The average Bonchev–Trinajstić information content (AvgIpc) is 3.25. The van der Waals surface area contributed by atoms with Crippen molar-refractivity contribution in [3.05, 3.63) is 53.4 Å². The molecule has 2 aromatic rings. The van der Waals surface area contributed by atoms with Crippen LogP contribution >= 0.6 is 11.6 Å². The first-order chi connectivity index (χ1) is 15.1. The third-order valence-electron chi connectivity index (χ3n) is 5.14. The SMILES string of the molecule is CCNC(=NCC(=O)N(C)CCc1ccccn1)NC1CCN(c2ncccc2Cl)C1. The van der Waals surface area contributed by atoms with E-state index in [2.05, 4.69) is 30.5 Å². The molecule has 0 aliphatic carbocycles. The van der Waals surface area contributed by atoms with Gasteiger partial charge in [0, 0.05) is 63.8 Å². The highest BCUT2D eigenvalue weighted by Gasteiger charge is 2.25. The monoisotopic (exact) mass is 443 g/mol. The molecule has 1 unspecified atom stereocenters. The second-order valence-electron chi connectivity index (χ2n) is 7.47. The standard InChI is InChI=1S/C22H30ClN7O/c1-3-24-22(27-15-20(31)29(2)13-9-17-7-4-5-11-25-17)28-18-10-14-30(16-18)21-19(23)8-6-12-26-21/h4-8,11-12,18H,3,9-10,13-16H2,1-2H3,(H2,24,27,28). The number of aliphatic imine (C=N–C) groups is 1. The summed E-state index contributed by atoms with van der Waals surface area (Å²) in [6.07, 6.45) is 5.18. The Balaban J connectivity index is 1.50. The van der Waals surface area contributed by atoms with Crippen molar-refractivity contribution in [2.24, 2.45) is 4.99 Å². The maximum Gasteiger partial charge on any atom is 0.244 e. The molecule has 0 saturated carbocycles. The van der Waals surface area contributed by atoms with Crippen LogP contribution in [0.2, 0.25) is 5.02 Å². The second kappa shape index (κ2) is 11.5. The van der Waals surface area contributed by atoms with Gasteiger partial charge in [0.15, 0.2) is 5.96 Å². The Morgan fingerprint density at radius 1 is 1.29 bits per heavy atom. The van der Waals surface area contributed by atoms with Crippen molar-refractivity contribution < 1.29 is 4.79 Å². The van der Waals surface area contributed by atoms with E-state index in [4.69, 9.17) is 11.6 Å². The molecule has 1 atom stereocenters. The minimum Gasteiger partial charge on any atom is -0.357 e. The maximum absolute atomic E-state index is 12.5. The van der Waals surface area contributed by atoms with Crippen molar-refractivity contribution in [2.75, 3.05) is 44.7 Å². The molecule has 1 aliphatic heterocycles. The van der Waals surface area contributed by atoms with Crippen LogP contribution in [0.5, 0.6) is 0 Å². The molecule has 0 aromatic carbocycles. The fourth-order valence-electron chi connectivity index (χ4n) is 3.41. The van der Waals surface area contributed by atoms with Gasteiger partial charge in [-0.1, -0.05) is 17.7 Å². The van der Waals surface area contributed by atoms with E-state index in [1.807, 2.05) is 37.3 Å². The zero-order valence-electron chi connectivity index (χ0n) is 18.1. The van der Waals surface area contributed by atoms with Crippen molar-refractivity contribution in [3.8, 4) is 0 Å². The van der Waals surface area contributed by atoms with Crippen molar-refractivity contribution in [1.82, 2.24) is 25.5 Å². The zero-order valence-corrected chi connectivity index (χ0v) is 18.8. The Morgan fingerprint density at radius 3 is 2.87 bits per heavy atom. The Bertz CT molecular complexity index is 877. The van der Waals surface area contributed by atoms with Crippen molar-refractivity contribution in [2.45, 2.75) is 25.8 Å². The number of likely N-dealkylation sites (N-methyl/N-ethyl adjacent to an activating group) is 1. The summed E-state index contributed by atoms with van der Waals surface area (Å²) in [5, 5.41) is 7.32. The molecule has 9 heteroatoms. The van der Waals surface area contributed by atoms with Crippen molar-refractivity contribution >= 4 is 29.3 Å². The van der Waals surface area contributed by atoms with Gasteiger partial charge in [0.25, 0.3) is 0 Å². The van der Waals surface area contributed by atoms with E-state index in [0.717, 1.165) is 44.0 Å². The number of hydrogen-bond acceptors (Lipinski definition) is 5. The van der Waals surface area contributed by atoms with Crippen LogP contribution in [0.3, 0.4) is 0 Å². The Labute approximate surface area is 188 Å². The smallest absolute Gasteiger partial charge is 0.244 e. The molecule has 1 fully saturated rings. The molecule has 0 radical (unpaired) electrons. The van der Waals surface area contributed by atoms with Gasteiger partial charge >= 0.3 is 0 Å². The van der Waals surface area contributed by atoms with E-state index in [1.54, 1.807) is 24.3 Å². The largest absolute Gasteiger partial charge is 0.357 e. The maximum atomic E-state index is 12.5. The quantitative estimate of drug-likeness (QED) is 0.479. The lowest BCUT2D eigenvalue weighted by atomic mass is 10.2. The first-order valence-corrected chi connectivity index (χ1v) is 11.0. The van der Waals surface area contributed by atoms with Crippen LogP contribution in [-0.4, -0.2) is 72.5 Å². The van der Waals surface area contributed by atoms with Crippen molar-refractivity contribution in [3.63, 3.8) is 0 Å². The molecule has 1 saturated heterocycles. The van der Waals surface area contributed by atoms with Gasteiger partial charge in [-0.25, -0.2) is 9.98 Å². The summed E-state index contributed by atoms with van der Waals surface area (Å²) < 4.78 is 0. The lowest BCUT2D eigenvalue weighted by molar-refractivity contribution is -0.128. The fourth-order valence-corrected chi connectivity index (χ4v) is 3.66. The summed E-state index contributed by atoms with van der Waals surface area (Å²) in [5.41, 5.74) is 0.972. The summed E-state index contributed by atoms with van der Waals surface area (Å²) in [5.74, 6) is 1.43. The molecule has 31 heavy (non-hydrogen) atoms. The van der Waals surface area contributed by atoms with Crippen LogP contribution in [0.1, 0.15) is 19.0 Å². The number of hydrogen-bond donors (Lipinski definition) is 2. The molecule has 1 amide bonds. The van der Waals surface area contributed by atoms with Gasteiger partial charge in [-0.2, -0.15) is 0 Å². The molecule has 0 bridgehead atoms. The van der Waals surface area contributed by atoms with Gasteiger partial charge in [0.05, 0.1) is 5.02 Å². The molecular formula is C22H30ClN7O. The fraction of sp³-hybridized carbons (Fsp3) is 0.455. The molecule has 0 spiro atoms. The molecule has 2 N–H and O–H groups in total. The third kappa shape index (κ3) is 6.82. The van der Waals surface area contributed by atoms with E-state index in [1.165, 1.54) is 0 Å². The number of amides is 1. The molecular weight excluding hydrogens is 414 g/mol. The van der Waals surface area contributed by atoms with Gasteiger partial charge in [-0.15, -0.1) is 0 Å². The Hall–Kier alpha value is -2.87. The predicted octanol–water partition coefficient (Wildman–Crippen LogP) is 1.96. The van der Waals surface area contributed by atoms with Crippen LogP contribution in [0.25, 0.3) is 0 Å². The first kappa shape index (κ1) is 22.8. The number of carbonyl (C=O) groups is 1. The highest BCUT2D eigenvalue weighted by atomic mass is 35.5. The highest BCUT2D eigenvalue weighted by Crippen LogP contribution is 2.25. The van der Waals surface area contributed by atoms with Gasteiger partial charge < -0.3 is 20.4 Å². The van der Waals surface area contributed by atoms with Gasteiger partial charge in [-0.3, -0.25) is 9.78 Å². The van der Waals surface area contributed by atoms with Crippen LogP contribution in [0, 0.1) is 0 Å². The summed E-state index contributed by atoms with van der Waals surface area (Å²) in [4.78, 5) is 29.5. The average molecular weight is 444 g/mol. The van der Waals surface area contributed by atoms with Crippen LogP contribution in [0.15, 0.2) is 47.7 Å². The van der Waals surface area contributed by atoms with Crippen LogP contribution in [-0.2, 0) is 11.2 Å². The lowest BCUT2D eigenvalue weighted by Gasteiger charge is -2.20. The first-order valence-electron chi connectivity index (χ1n) is 10.6.